The Kier molecular flexibility index (Phi) is 3.55. The molecule has 5 heteroatoms. The molecular formula is C9H14N2O3. The number of anilines is 1. The van der Waals surface area contributed by atoms with E-state index in [-0.39, 0.29) is 6.61 Å². The molecule has 1 aromatic rings. The molecule has 0 atom stereocenters. The average molecular weight is 198 g/mol. The third-order valence-corrected chi connectivity index (χ3v) is 1.85. The fourth-order valence-corrected chi connectivity index (χ4v) is 1.17. The Morgan fingerprint density at radius 3 is 2.00 bits per heavy atom. The molecule has 0 bridgehead atoms. The van der Waals surface area contributed by atoms with E-state index in [0.717, 1.165) is 5.56 Å². The van der Waals surface area contributed by atoms with Gasteiger partial charge in [-0.3, -0.25) is 4.84 Å². The van der Waals surface area contributed by atoms with Crippen LogP contribution in [0.25, 0.3) is 0 Å². The van der Waals surface area contributed by atoms with E-state index in [9.17, 15) is 0 Å². The van der Waals surface area contributed by atoms with Crippen molar-refractivity contribution in [2.24, 2.45) is 5.90 Å². The van der Waals surface area contributed by atoms with Gasteiger partial charge >= 0.3 is 0 Å². The van der Waals surface area contributed by atoms with Crippen LogP contribution in [0, 0.1) is 0 Å². The smallest absolute Gasteiger partial charge is 0.145 e. The highest BCUT2D eigenvalue weighted by molar-refractivity contribution is 5.64. The van der Waals surface area contributed by atoms with Crippen molar-refractivity contribution >= 4 is 5.69 Å². The largest absolute Gasteiger partial charge is 0.494 e. The Balaban J connectivity index is 3.11. The first-order valence-corrected chi connectivity index (χ1v) is 4.05. The Hall–Kier alpha value is -1.46. The maximum absolute atomic E-state index is 5.75. The number of rotatable bonds is 4. The Labute approximate surface area is 82.5 Å². The number of hydrogen-bond acceptors (Lipinski definition) is 5. The van der Waals surface area contributed by atoms with Crippen LogP contribution in [0.1, 0.15) is 5.56 Å². The second-order valence-electron chi connectivity index (χ2n) is 2.73. The van der Waals surface area contributed by atoms with Gasteiger partial charge < -0.3 is 15.2 Å². The van der Waals surface area contributed by atoms with E-state index in [0.29, 0.717) is 17.2 Å². The van der Waals surface area contributed by atoms with Crippen molar-refractivity contribution in [3.05, 3.63) is 17.7 Å². The minimum absolute atomic E-state index is 0.285. The topological polar surface area (TPSA) is 79.7 Å². The van der Waals surface area contributed by atoms with Crippen molar-refractivity contribution in [2.45, 2.75) is 6.61 Å². The minimum atomic E-state index is 0.285. The zero-order valence-corrected chi connectivity index (χ0v) is 8.24. The van der Waals surface area contributed by atoms with Crippen LogP contribution in [0.15, 0.2) is 12.1 Å². The third-order valence-electron chi connectivity index (χ3n) is 1.85. The summed E-state index contributed by atoms with van der Waals surface area (Å²) in [6.45, 7) is 0.285. The second-order valence-corrected chi connectivity index (χ2v) is 2.73. The van der Waals surface area contributed by atoms with Gasteiger partial charge in [0.1, 0.15) is 17.2 Å². The lowest BCUT2D eigenvalue weighted by Gasteiger charge is -2.11. The van der Waals surface area contributed by atoms with E-state index in [1.807, 2.05) is 0 Å². The monoisotopic (exact) mass is 198 g/mol. The van der Waals surface area contributed by atoms with Crippen LogP contribution in [0.4, 0.5) is 5.69 Å². The first-order chi connectivity index (χ1) is 6.72. The van der Waals surface area contributed by atoms with Gasteiger partial charge in [-0.25, -0.2) is 5.90 Å². The fourth-order valence-electron chi connectivity index (χ4n) is 1.17. The van der Waals surface area contributed by atoms with Gasteiger partial charge in [0.15, 0.2) is 0 Å². The van der Waals surface area contributed by atoms with E-state index in [1.54, 1.807) is 12.1 Å². The molecule has 0 aliphatic carbocycles. The van der Waals surface area contributed by atoms with Crippen molar-refractivity contribution in [1.29, 1.82) is 0 Å². The summed E-state index contributed by atoms with van der Waals surface area (Å²) in [6.07, 6.45) is 0. The summed E-state index contributed by atoms with van der Waals surface area (Å²) in [5.41, 5.74) is 7.06. The van der Waals surface area contributed by atoms with Crippen molar-refractivity contribution in [3.8, 4) is 11.5 Å². The number of ether oxygens (including phenoxy) is 2. The Morgan fingerprint density at radius 1 is 1.14 bits per heavy atom. The maximum atomic E-state index is 5.75. The summed E-state index contributed by atoms with van der Waals surface area (Å²) < 4.78 is 10.1. The molecule has 14 heavy (non-hydrogen) atoms. The van der Waals surface area contributed by atoms with Gasteiger partial charge in [0.2, 0.25) is 0 Å². The van der Waals surface area contributed by atoms with E-state index in [4.69, 9.17) is 21.1 Å². The van der Waals surface area contributed by atoms with Crippen LogP contribution in [-0.4, -0.2) is 14.2 Å². The molecule has 0 aliphatic rings. The van der Waals surface area contributed by atoms with Crippen LogP contribution < -0.4 is 21.1 Å². The molecule has 1 rings (SSSR count). The van der Waals surface area contributed by atoms with Crippen molar-refractivity contribution < 1.29 is 14.3 Å². The van der Waals surface area contributed by atoms with Crippen LogP contribution in [-0.2, 0) is 11.4 Å². The van der Waals surface area contributed by atoms with Crippen LogP contribution in [0.3, 0.4) is 0 Å². The van der Waals surface area contributed by atoms with Gasteiger partial charge in [0, 0.05) is 0 Å². The summed E-state index contributed by atoms with van der Waals surface area (Å²) >= 11 is 0. The van der Waals surface area contributed by atoms with Crippen LogP contribution in [0.5, 0.6) is 11.5 Å². The first-order valence-electron chi connectivity index (χ1n) is 4.05. The normalized spacial score (nSPS) is 9.93. The highest BCUT2D eigenvalue weighted by Crippen LogP contribution is 2.33. The average Bonchev–Trinajstić information content (AvgIpc) is 2.20. The molecule has 0 unspecified atom stereocenters. The predicted molar refractivity (Wildman–Crippen MR) is 52.9 cm³/mol. The number of nitrogen functional groups attached to an aromatic ring is 1. The lowest BCUT2D eigenvalue weighted by Crippen LogP contribution is -2.02. The number of benzene rings is 1. The van der Waals surface area contributed by atoms with Gasteiger partial charge in [-0.05, 0) is 17.7 Å². The molecule has 5 nitrogen and oxygen atoms in total. The summed E-state index contributed by atoms with van der Waals surface area (Å²) in [5.74, 6) is 6.07. The van der Waals surface area contributed by atoms with Crippen LogP contribution in [0.2, 0.25) is 0 Å². The molecule has 0 saturated heterocycles. The summed E-state index contributed by atoms with van der Waals surface area (Å²) in [4.78, 5) is 4.51. The number of hydrogen-bond donors (Lipinski definition) is 2. The quantitative estimate of drug-likeness (QED) is 0.549. The first kappa shape index (κ1) is 10.6. The lowest BCUT2D eigenvalue weighted by atomic mass is 10.2. The van der Waals surface area contributed by atoms with Crippen LogP contribution >= 0.6 is 0 Å². The van der Waals surface area contributed by atoms with E-state index >= 15 is 0 Å². The van der Waals surface area contributed by atoms with Crippen molar-refractivity contribution in [3.63, 3.8) is 0 Å². The van der Waals surface area contributed by atoms with Crippen molar-refractivity contribution in [2.75, 3.05) is 20.0 Å². The molecule has 78 valence electrons. The van der Waals surface area contributed by atoms with Crippen molar-refractivity contribution in [1.82, 2.24) is 0 Å². The summed E-state index contributed by atoms with van der Waals surface area (Å²) in [7, 11) is 3.08. The molecule has 1 aromatic carbocycles. The molecule has 0 fully saturated rings. The van der Waals surface area contributed by atoms with E-state index < -0.39 is 0 Å². The number of nitrogens with two attached hydrogens (primary N) is 2. The lowest BCUT2D eigenvalue weighted by molar-refractivity contribution is 0.124. The highest BCUT2D eigenvalue weighted by Gasteiger charge is 2.08. The maximum Gasteiger partial charge on any atom is 0.145 e. The zero-order chi connectivity index (χ0) is 10.6. The van der Waals surface area contributed by atoms with Gasteiger partial charge in [0.25, 0.3) is 0 Å². The summed E-state index contributed by atoms with van der Waals surface area (Å²) in [6, 6.07) is 3.51. The molecule has 4 N–H and O–H groups in total. The van der Waals surface area contributed by atoms with Gasteiger partial charge in [-0.1, -0.05) is 0 Å². The third kappa shape index (κ3) is 2.07. The molecule has 0 amide bonds. The zero-order valence-electron chi connectivity index (χ0n) is 8.24. The molecule has 0 radical (unpaired) electrons. The predicted octanol–water partition coefficient (Wildman–Crippen LogP) is 0.676. The van der Waals surface area contributed by atoms with Gasteiger partial charge in [-0.2, -0.15) is 0 Å². The highest BCUT2D eigenvalue weighted by atomic mass is 16.6. The Morgan fingerprint density at radius 2 is 1.64 bits per heavy atom. The molecule has 0 heterocycles. The minimum Gasteiger partial charge on any atom is -0.494 e. The second kappa shape index (κ2) is 4.69. The summed E-state index contributed by atoms with van der Waals surface area (Å²) in [5, 5.41) is 0. The SMILES string of the molecule is COc1cc(CON)cc(OC)c1N. The molecule has 0 spiro atoms. The fraction of sp³-hybridized carbons (Fsp3) is 0.333. The van der Waals surface area contributed by atoms with Gasteiger partial charge in [-0.15, -0.1) is 0 Å². The number of methoxy groups -OCH3 is 2. The van der Waals surface area contributed by atoms with Gasteiger partial charge in [0.05, 0.1) is 20.8 Å². The van der Waals surface area contributed by atoms with E-state index in [1.165, 1.54) is 14.2 Å². The van der Waals surface area contributed by atoms with E-state index in [2.05, 4.69) is 4.84 Å². The standard InChI is InChI=1S/C9H14N2O3/c1-12-7-3-6(5-14-11)4-8(13-2)9(7)10/h3-4H,5,10-11H2,1-2H3. The Bertz CT molecular complexity index is 290. The molecule has 0 aromatic heterocycles. The molecular weight excluding hydrogens is 184 g/mol. The molecule has 0 aliphatic heterocycles. The molecule has 0 saturated carbocycles.